The highest BCUT2D eigenvalue weighted by Gasteiger charge is 2.08. The molecule has 72 valence electrons. The van der Waals surface area contributed by atoms with E-state index >= 15 is 0 Å². The average molecular weight is 366 g/mol. The minimum absolute atomic E-state index is 0.236. The molecule has 14 heavy (non-hydrogen) atoms. The van der Waals surface area contributed by atoms with Crippen LogP contribution in [0.4, 0.5) is 4.39 Å². The van der Waals surface area contributed by atoms with Gasteiger partial charge in [0.1, 0.15) is 5.82 Å². The maximum Gasteiger partial charge on any atom is 0.124 e. The predicted molar refractivity (Wildman–Crippen MR) is 66.9 cm³/mol. The number of aromatic nitrogens is 1. The fraction of sp³-hybridized carbons (Fsp3) is 0.100. The molecule has 0 bridgehead atoms. The van der Waals surface area contributed by atoms with Gasteiger partial charge in [0.2, 0.25) is 0 Å². The summed E-state index contributed by atoms with van der Waals surface area (Å²) in [5.41, 5.74) is 1.77. The Morgan fingerprint density at radius 1 is 1.43 bits per heavy atom. The Hall–Kier alpha value is -0.230. The monoisotopic (exact) mass is 365 g/mol. The smallest absolute Gasteiger partial charge is 0.124 e. The van der Waals surface area contributed by atoms with E-state index in [9.17, 15) is 4.39 Å². The number of benzene rings is 1. The van der Waals surface area contributed by atoms with Gasteiger partial charge in [-0.15, -0.1) is 0 Å². The summed E-state index contributed by atoms with van der Waals surface area (Å²) >= 11 is 5.65. The first kappa shape index (κ1) is 10.3. The van der Waals surface area contributed by atoms with Crippen LogP contribution in [0.3, 0.4) is 0 Å². The fourth-order valence-corrected chi connectivity index (χ4v) is 2.30. The molecule has 1 aromatic carbocycles. The molecular weight excluding hydrogens is 360 g/mol. The first-order valence-corrected chi connectivity index (χ1v) is 5.87. The van der Waals surface area contributed by atoms with Gasteiger partial charge in [-0.05, 0) is 63.6 Å². The molecular formula is C10H6BrFIN. The van der Waals surface area contributed by atoms with Gasteiger partial charge in [0.25, 0.3) is 0 Å². The van der Waals surface area contributed by atoms with Crippen molar-refractivity contribution in [2.75, 3.05) is 0 Å². The van der Waals surface area contributed by atoms with E-state index in [1.54, 1.807) is 6.07 Å². The summed E-state index contributed by atoms with van der Waals surface area (Å²) in [4.78, 5) is 4.37. The summed E-state index contributed by atoms with van der Waals surface area (Å²) in [6.45, 7) is 1.94. The van der Waals surface area contributed by atoms with Crippen LogP contribution in [-0.2, 0) is 0 Å². The molecule has 1 nitrogen and oxygen atoms in total. The minimum Gasteiger partial charge on any atom is -0.252 e. The van der Waals surface area contributed by atoms with Gasteiger partial charge >= 0.3 is 0 Å². The summed E-state index contributed by atoms with van der Waals surface area (Å²) in [6, 6.07) is 4.61. The number of fused-ring (bicyclic) bond motifs is 1. The normalized spacial score (nSPS) is 10.9. The van der Waals surface area contributed by atoms with E-state index in [1.165, 1.54) is 12.1 Å². The number of hydrogen-bond acceptors (Lipinski definition) is 1. The molecule has 0 aliphatic carbocycles. The van der Waals surface area contributed by atoms with Crippen molar-refractivity contribution in [3.63, 3.8) is 0 Å². The molecule has 1 heterocycles. The maximum absolute atomic E-state index is 13.0. The van der Waals surface area contributed by atoms with Crippen LogP contribution in [0.15, 0.2) is 22.7 Å². The van der Waals surface area contributed by atoms with Gasteiger partial charge in [-0.2, -0.15) is 0 Å². The Balaban J connectivity index is 2.92. The number of rotatable bonds is 0. The molecule has 0 aliphatic heterocycles. The van der Waals surface area contributed by atoms with Gasteiger partial charge in [0, 0.05) is 13.4 Å². The number of hydrogen-bond donors (Lipinski definition) is 0. The van der Waals surface area contributed by atoms with Crippen molar-refractivity contribution in [1.82, 2.24) is 4.98 Å². The largest absolute Gasteiger partial charge is 0.252 e. The van der Waals surface area contributed by atoms with Crippen LogP contribution in [0.2, 0.25) is 0 Å². The third kappa shape index (κ3) is 1.65. The Morgan fingerprint density at radius 3 is 2.86 bits per heavy atom. The molecule has 0 saturated heterocycles. The average Bonchev–Trinajstić information content (AvgIpc) is 2.16. The third-order valence-electron chi connectivity index (χ3n) is 1.99. The molecule has 0 fully saturated rings. The lowest BCUT2D eigenvalue weighted by Gasteiger charge is -2.05. The van der Waals surface area contributed by atoms with Crippen LogP contribution in [0, 0.1) is 16.3 Å². The Labute approximate surface area is 103 Å². The van der Waals surface area contributed by atoms with Gasteiger partial charge in [-0.25, -0.2) is 4.39 Å². The summed E-state index contributed by atoms with van der Waals surface area (Å²) in [7, 11) is 0. The Morgan fingerprint density at radius 2 is 2.14 bits per heavy atom. The zero-order valence-electron chi connectivity index (χ0n) is 7.31. The van der Waals surface area contributed by atoms with Crippen molar-refractivity contribution in [1.29, 1.82) is 0 Å². The van der Waals surface area contributed by atoms with E-state index in [-0.39, 0.29) is 5.82 Å². The zero-order chi connectivity index (χ0) is 10.3. The number of halogens is 3. The second kappa shape index (κ2) is 3.73. The van der Waals surface area contributed by atoms with Gasteiger partial charge in [-0.3, -0.25) is 4.98 Å². The first-order chi connectivity index (χ1) is 6.59. The molecule has 0 N–H and O–H groups in total. The third-order valence-corrected chi connectivity index (χ3v) is 4.88. The van der Waals surface area contributed by atoms with E-state index in [1.807, 2.05) is 6.92 Å². The van der Waals surface area contributed by atoms with Crippen molar-refractivity contribution >= 4 is 49.4 Å². The molecule has 0 spiro atoms. The highest BCUT2D eigenvalue weighted by atomic mass is 127. The van der Waals surface area contributed by atoms with Crippen LogP contribution < -0.4 is 0 Å². The van der Waals surface area contributed by atoms with Crippen LogP contribution in [-0.4, -0.2) is 4.98 Å². The van der Waals surface area contributed by atoms with Crippen LogP contribution >= 0.6 is 38.5 Å². The quantitative estimate of drug-likeness (QED) is 0.642. The lowest BCUT2D eigenvalue weighted by atomic mass is 10.2. The second-order valence-corrected chi connectivity index (χ2v) is 4.86. The molecule has 1 aromatic heterocycles. The van der Waals surface area contributed by atoms with Gasteiger partial charge in [0.05, 0.1) is 11.2 Å². The lowest BCUT2D eigenvalue weighted by Crippen LogP contribution is -1.91. The van der Waals surface area contributed by atoms with Crippen molar-refractivity contribution in [3.05, 3.63) is 37.8 Å². The molecule has 0 amide bonds. The predicted octanol–water partition coefficient (Wildman–Crippen LogP) is 4.05. The molecule has 0 radical (unpaired) electrons. The van der Waals surface area contributed by atoms with Crippen molar-refractivity contribution < 1.29 is 4.39 Å². The summed E-state index contributed by atoms with van der Waals surface area (Å²) in [6.07, 6.45) is 0. The standard InChI is InChI=1S/C10H6BrFIN/c1-5-10(13)9(11)7-4-6(12)2-3-8(7)14-5/h2-4H,1H3. The molecule has 0 aliphatic rings. The van der Waals surface area contributed by atoms with Crippen molar-refractivity contribution in [2.45, 2.75) is 6.92 Å². The molecule has 2 rings (SSSR count). The maximum atomic E-state index is 13.0. The van der Waals surface area contributed by atoms with E-state index < -0.39 is 0 Å². The SMILES string of the molecule is Cc1nc2ccc(F)cc2c(Br)c1I. The van der Waals surface area contributed by atoms with E-state index in [4.69, 9.17) is 0 Å². The van der Waals surface area contributed by atoms with Crippen LogP contribution in [0.5, 0.6) is 0 Å². The number of nitrogens with zero attached hydrogens (tertiary/aromatic N) is 1. The summed E-state index contributed by atoms with van der Waals surface area (Å²) in [5.74, 6) is -0.236. The van der Waals surface area contributed by atoms with E-state index in [0.717, 1.165) is 24.6 Å². The molecule has 4 heteroatoms. The van der Waals surface area contributed by atoms with Crippen LogP contribution in [0.1, 0.15) is 5.69 Å². The Bertz CT molecular complexity index is 513. The lowest BCUT2D eigenvalue weighted by molar-refractivity contribution is 0.629. The van der Waals surface area contributed by atoms with Gasteiger partial charge in [-0.1, -0.05) is 0 Å². The second-order valence-electron chi connectivity index (χ2n) is 2.99. The Kier molecular flexibility index (Phi) is 2.74. The van der Waals surface area contributed by atoms with Crippen molar-refractivity contribution in [3.8, 4) is 0 Å². The van der Waals surface area contributed by atoms with E-state index in [0.29, 0.717) is 0 Å². The summed E-state index contributed by atoms with van der Waals surface area (Å²) < 4.78 is 14.9. The number of aryl methyl sites for hydroxylation is 1. The van der Waals surface area contributed by atoms with Gasteiger partial charge in [0.15, 0.2) is 0 Å². The first-order valence-electron chi connectivity index (χ1n) is 4.00. The highest BCUT2D eigenvalue weighted by Crippen LogP contribution is 2.29. The topological polar surface area (TPSA) is 12.9 Å². The van der Waals surface area contributed by atoms with Gasteiger partial charge < -0.3 is 0 Å². The van der Waals surface area contributed by atoms with Crippen molar-refractivity contribution in [2.24, 2.45) is 0 Å². The number of pyridine rings is 1. The summed E-state index contributed by atoms with van der Waals surface area (Å²) in [5, 5.41) is 0.819. The molecule has 0 unspecified atom stereocenters. The van der Waals surface area contributed by atoms with Crippen LogP contribution in [0.25, 0.3) is 10.9 Å². The molecule has 0 saturated carbocycles. The minimum atomic E-state index is -0.236. The van der Waals surface area contributed by atoms with E-state index in [2.05, 4.69) is 43.5 Å². The fourth-order valence-electron chi connectivity index (χ4n) is 1.29. The molecule has 0 atom stereocenters. The molecule has 2 aromatic rings. The highest BCUT2D eigenvalue weighted by molar-refractivity contribution is 14.1. The zero-order valence-corrected chi connectivity index (χ0v) is 11.1.